The molecule has 1 atom stereocenters. The smallest absolute Gasteiger partial charge is 0.152 e. The summed E-state index contributed by atoms with van der Waals surface area (Å²) >= 11 is 0. The Morgan fingerprint density at radius 3 is 2.42 bits per heavy atom. The van der Waals surface area contributed by atoms with Crippen LogP contribution in [0.1, 0.15) is 31.3 Å². The van der Waals surface area contributed by atoms with Gasteiger partial charge in [-0.05, 0) is 17.5 Å². The summed E-state index contributed by atoms with van der Waals surface area (Å²) in [7, 11) is 0. The third kappa shape index (κ3) is 2.70. The Bertz CT molecular complexity index is 1070. The van der Waals surface area contributed by atoms with E-state index in [0.717, 1.165) is 28.5 Å². The van der Waals surface area contributed by atoms with E-state index in [9.17, 15) is 5.11 Å². The van der Waals surface area contributed by atoms with Crippen LogP contribution in [0, 0.1) is 5.92 Å². The first kappa shape index (κ1) is 16.5. The lowest BCUT2D eigenvalue weighted by molar-refractivity contribution is 0.203. The zero-order valence-corrected chi connectivity index (χ0v) is 14.9. The maximum absolute atomic E-state index is 11.0. The second kappa shape index (κ2) is 6.42. The zero-order valence-electron chi connectivity index (χ0n) is 14.9. The van der Waals surface area contributed by atoms with Gasteiger partial charge in [0, 0.05) is 11.9 Å². The molecule has 3 N–H and O–H groups in total. The Labute approximate surface area is 152 Å². The van der Waals surface area contributed by atoms with Crippen molar-refractivity contribution in [1.82, 2.24) is 14.5 Å². The lowest BCUT2D eigenvalue weighted by atomic mass is 10.1. The second-order valence-corrected chi connectivity index (χ2v) is 7.00. The van der Waals surface area contributed by atoms with Gasteiger partial charge in [-0.15, -0.1) is 0 Å². The molecule has 5 heteroatoms. The highest BCUT2D eigenvalue weighted by atomic mass is 16.3. The Morgan fingerprint density at radius 1 is 1.00 bits per heavy atom. The lowest BCUT2D eigenvalue weighted by Crippen LogP contribution is -2.13. The molecule has 1 unspecified atom stereocenters. The minimum atomic E-state index is -0.819. The highest BCUT2D eigenvalue weighted by molar-refractivity contribution is 6.06. The third-order valence-electron chi connectivity index (χ3n) is 4.55. The number of fused-ring (bicyclic) bond motifs is 3. The maximum Gasteiger partial charge on any atom is 0.152 e. The topological polar surface area (TPSA) is 77.0 Å². The summed E-state index contributed by atoms with van der Waals surface area (Å²) in [6, 6.07) is 17.5. The first-order valence-corrected chi connectivity index (χ1v) is 8.83. The number of nitrogen functional groups attached to an aromatic ring is 1. The van der Waals surface area contributed by atoms with Gasteiger partial charge < -0.3 is 15.4 Å². The Kier molecular flexibility index (Phi) is 4.09. The molecule has 26 heavy (non-hydrogen) atoms. The van der Waals surface area contributed by atoms with Crippen molar-refractivity contribution in [1.29, 1.82) is 0 Å². The number of hydrogen-bond acceptors (Lipinski definition) is 4. The van der Waals surface area contributed by atoms with E-state index >= 15 is 0 Å². The van der Waals surface area contributed by atoms with Gasteiger partial charge in [0.1, 0.15) is 17.4 Å². The molecular formula is C21H22N4O. The number of aromatic nitrogens is 3. The summed E-state index contributed by atoms with van der Waals surface area (Å²) in [5, 5.41) is 12.0. The van der Waals surface area contributed by atoms with Crippen molar-refractivity contribution in [3.05, 3.63) is 66.0 Å². The van der Waals surface area contributed by atoms with Crippen molar-refractivity contribution >= 4 is 27.8 Å². The number of nitrogens with zero attached hydrogens (tertiary/aromatic N) is 3. The summed E-state index contributed by atoms with van der Waals surface area (Å²) in [5.74, 6) is 1.38. The second-order valence-electron chi connectivity index (χ2n) is 7.00. The van der Waals surface area contributed by atoms with Crippen LogP contribution in [0.2, 0.25) is 0 Å². The summed E-state index contributed by atoms with van der Waals surface area (Å²) in [6.45, 7) is 5.04. The predicted octanol–water partition coefficient (Wildman–Crippen LogP) is 3.90. The number of aliphatic hydroxyl groups excluding tert-OH is 1. The van der Waals surface area contributed by atoms with Gasteiger partial charge in [-0.25, -0.2) is 9.97 Å². The minimum Gasteiger partial charge on any atom is -0.382 e. The van der Waals surface area contributed by atoms with E-state index in [1.54, 1.807) is 0 Å². The van der Waals surface area contributed by atoms with Gasteiger partial charge in [-0.1, -0.05) is 62.4 Å². The fraction of sp³-hybridized carbons (Fsp3) is 0.238. The molecule has 2 aromatic heterocycles. The van der Waals surface area contributed by atoms with Crippen LogP contribution >= 0.6 is 0 Å². The molecule has 2 heterocycles. The van der Waals surface area contributed by atoms with E-state index in [2.05, 4.69) is 23.4 Å². The molecule has 132 valence electrons. The molecule has 0 radical (unpaired) electrons. The highest BCUT2D eigenvalue weighted by Crippen LogP contribution is 2.32. The van der Waals surface area contributed by atoms with Gasteiger partial charge >= 0.3 is 0 Å². The van der Waals surface area contributed by atoms with Crippen molar-refractivity contribution in [2.24, 2.45) is 5.92 Å². The van der Waals surface area contributed by atoms with Crippen LogP contribution < -0.4 is 5.73 Å². The van der Waals surface area contributed by atoms with Crippen LogP contribution in [0.15, 0.2) is 54.6 Å². The number of pyridine rings is 1. The number of para-hydroxylation sites is 1. The number of aliphatic hydroxyl groups is 1. The van der Waals surface area contributed by atoms with Crippen LogP contribution in [-0.2, 0) is 6.54 Å². The summed E-state index contributed by atoms with van der Waals surface area (Å²) in [4.78, 5) is 9.21. The van der Waals surface area contributed by atoms with E-state index in [4.69, 9.17) is 10.7 Å². The van der Waals surface area contributed by atoms with Gasteiger partial charge in [0.15, 0.2) is 5.82 Å². The molecule has 4 aromatic rings. The quantitative estimate of drug-likeness (QED) is 0.587. The molecule has 0 amide bonds. The summed E-state index contributed by atoms with van der Waals surface area (Å²) in [6.07, 6.45) is -0.819. The molecule has 0 aliphatic rings. The number of imidazole rings is 1. The van der Waals surface area contributed by atoms with Crippen LogP contribution in [-0.4, -0.2) is 19.6 Å². The number of anilines is 1. The SMILES string of the molecule is CC(C)Cn1c(C(O)c2ccccc2)nc2c(N)nc3ccccc3c21. The van der Waals surface area contributed by atoms with E-state index in [-0.39, 0.29) is 0 Å². The molecule has 0 saturated carbocycles. The fourth-order valence-electron chi connectivity index (χ4n) is 3.42. The van der Waals surface area contributed by atoms with Crippen LogP contribution in [0.3, 0.4) is 0 Å². The first-order chi connectivity index (χ1) is 12.6. The van der Waals surface area contributed by atoms with Crippen molar-refractivity contribution in [3.63, 3.8) is 0 Å². The van der Waals surface area contributed by atoms with Crippen LogP contribution in [0.25, 0.3) is 21.9 Å². The van der Waals surface area contributed by atoms with Crippen LogP contribution in [0.4, 0.5) is 5.82 Å². The molecular weight excluding hydrogens is 324 g/mol. The Morgan fingerprint density at radius 2 is 1.69 bits per heavy atom. The van der Waals surface area contributed by atoms with Crippen molar-refractivity contribution < 1.29 is 5.11 Å². The predicted molar refractivity (Wildman–Crippen MR) is 105 cm³/mol. The molecule has 5 nitrogen and oxygen atoms in total. The van der Waals surface area contributed by atoms with Gasteiger partial charge in [0.2, 0.25) is 0 Å². The molecule has 0 bridgehead atoms. The molecule has 0 saturated heterocycles. The monoisotopic (exact) mass is 346 g/mol. The van der Waals surface area contributed by atoms with Gasteiger partial charge in [0.05, 0.1) is 11.0 Å². The third-order valence-corrected chi connectivity index (χ3v) is 4.55. The molecule has 0 spiro atoms. The average molecular weight is 346 g/mol. The van der Waals surface area contributed by atoms with Gasteiger partial charge in [0.25, 0.3) is 0 Å². The Balaban J connectivity index is 2.04. The Hall–Kier alpha value is -2.92. The van der Waals surface area contributed by atoms with Gasteiger partial charge in [-0.3, -0.25) is 0 Å². The van der Waals surface area contributed by atoms with Crippen molar-refractivity contribution in [3.8, 4) is 0 Å². The number of rotatable bonds is 4. The minimum absolute atomic E-state index is 0.391. The molecule has 0 aliphatic heterocycles. The number of benzene rings is 2. The summed E-state index contributed by atoms with van der Waals surface area (Å²) in [5.41, 5.74) is 9.44. The maximum atomic E-state index is 11.0. The van der Waals surface area contributed by atoms with Gasteiger partial charge in [-0.2, -0.15) is 0 Å². The standard InChI is InChI=1S/C21H22N4O/c1-13(2)12-25-18-15-10-6-7-11-16(15)23-20(22)17(18)24-21(25)19(26)14-8-4-3-5-9-14/h3-11,13,19,26H,12H2,1-2H3,(H2,22,23). The van der Waals surface area contributed by atoms with Crippen molar-refractivity contribution in [2.75, 3.05) is 5.73 Å². The lowest BCUT2D eigenvalue weighted by Gasteiger charge is -2.16. The van der Waals surface area contributed by atoms with E-state index in [0.29, 0.717) is 23.1 Å². The molecule has 0 fully saturated rings. The molecule has 2 aromatic carbocycles. The highest BCUT2D eigenvalue weighted by Gasteiger charge is 2.23. The first-order valence-electron chi connectivity index (χ1n) is 8.83. The number of hydrogen-bond donors (Lipinski definition) is 2. The van der Waals surface area contributed by atoms with Crippen LogP contribution in [0.5, 0.6) is 0 Å². The summed E-state index contributed by atoms with van der Waals surface area (Å²) < 4.78 is 2.10. The van der Waals surface area contributed by atoms with E-state index < -0.39 is 6.10 Å². The molecule has 4 rings (SSSR count). The van der Waals surface area contributed by atoms with Crippen molar-refractivity contribution in [2.45, 2.75) is 26.5 Å². The number of nitrogens with two attached hydrogens (primary N) is 1. The molecule has 0 aliphatic carbocycles. The zero-order chi connectivity index (χ0) is 18.3. The average Bonchev–Trinajstić information content (AvgIpc) is 3.01. The normalized spacial score (nSPS) is 12.9. The largest absolute Gasteiger partial charge is 0.382 e. The van der Waals surface area contributed by atoms with E-state index in [1.807, 2.05) is 54.6 Å². The fourth-order valence-corrected chi connectivity index (χ4v) is 3.42. The van der Waals surface area contributed by atoms with E-state index in [1.165, 1.54) is 0 Å².